The molecule has 0 atom stereocenters. The minimum absolute atomic E-state index is 0.0729. The van der Waals surface area contributed by atoms with E-state index in [4.69, 9.17) is 11.6 Å². The van der Waals surface area contributed by atoms with Crippen molar-refractivity contribution in [1.82, 2.24) is 4.72 Å². The normalized spacial score (nSPS) is 16.7. The Morgan fingerprint density at radius 1 is 1.32 bits per heavy atom. The molecule has 1 aliphatic carbocycles. The molecule has 6 nitrogen and oxygen atoms in total. The van der Waals surface area contributed by atoms with Crippen molar-refractivity contribution in [2.75, 3.05) is 0 Å². The molecule has 0 unspecified atom stereocenters. The fourth-order valence-electron chi connectivity index (χ4n) is 2.15. The lowest BCUT2D eigenvalue weighted by Gasteiger charge is -2.13. The quantitative estimate of drug-likeness (QED) is 0.683. The zero-order valence-electron chi connectivity index (χ0n) is 10.0. The molecule has 8 heteroatoms. The van der Waals surface area contributed by atoms with Gasteiger partial charge in [-0.15, -0.1) is 0 Å². The SMILES string of the molecule is O=[N+]([O-])c1ccc(S(=O)(=O)NC2CCCC2)c(Cl)c1. The molecule has 0 amide bonds. The van der Waals surface area contributed by atoms with E-state index >= 15 is 0 Å². The Bertz CT molecular complexity index is 597. The number of nitro groups is 1. The van der Waals surface area contributed by atoms with Crippen molar-refractivity contribution in [2.24, 2.45) is 0 Å². The average Bonchev–Trinajstić information content (AvgIpc) is 2.80. The van der Waals surface area contributed by atoms with E-state index in [1.807, 2.05) is 0 Å². The number of non-ortho nitro benzene ring substituents is 1. The first-order valence-electron chi connectivity index (χ1n) is 5.86. The van der Waals surface area contributed by atoms with Gasteiger partial charge in [0.2, 0.25) is 10.0 Å². The summed E-state index contributed by atoms with van der Waals surface area (Å²) in [6, 6.07) is 3.27. The Balaban J connectivity index is 2.27. The molecular formula is C11H13ClN2O4S. The molecule has 1 N–H and O–H groups in total. The van der Waals surface area contributed by atoms with Gasteiger partial charge in [0.25, 0.3) is 5.69 Å². The van der Waals surface area contributed by atoms with Crippen LogP contribution in [0.25, 0.3) is 0 Å². The molecule has 0 aliphatic heterocycles. The summed E-state index contributed by atoms with van der Waals surface area (Å²) in [5.41, 5.74) is -0.232. The summed E-state index contributed by atoms with van der Waals surface area (Å²) in [5, 5.41) is 10.4. The lowest BCUT2D eigenvalue weighted by molar-refractivity contribution is -0.384. The van der Waals surface area contributed by atoms with Crippen LogP contribution in [0, 0.1) is 10.1 Å². The second-order valence-electron chi connectivity index (χ2n) is 4.47. The second-order valence-corrected chi connectivity index (χ2v) is 6.56. The van der Waals surface area contributed by atoms with E-state index in [1.165, 1.54) is 0 Å². The van der Waals surface area contributed by atoms with E-state index in [-0.39, 0.29) is 21.6 Å². The fourth-order valence-corrected chi connectivity index (χ4v) is 3.99. The molecule has 104 valence electrons. The minimum Gasteiger partial charge on any atom is -0.258 e. The Morgan fingerprint density at radius 3 is 2.47 bits per heavy atom. The van der Waals surface area contributed by atoms with Crippen molar-refractivity contribution in [3.8, 4) is 0 Å². The van der Waals surface area contributed by atoms with Crippen molar-refractivity contribution in [2.45, 2.75) is 36.6 Å². The zero-order valence-corrected chi connectivity index (χ0v) is 11.6. The number of benzene rings is 1. The number of nitrogens with zero attached hydrogens (tertiary/aromatic N) is 1. The summed E-state index contributed by atoms with van der Waals surface area (Å²) in [6.07, 6.45) is 3.62. The summed E-state index contributed by atoms with van der Waals surface area (Å²) in [7, 11) is -3.72. The number of hydrogen-bond acceptors (Lipinski definition) is 4. The van der Waals surface area contributed by atoms with Crippen molar-refractivity contribution in [3.05, 3.63) is 33.3 Å². The molecule has 2 rings (SSSR count). The molecule has 0 bridgehead atoms. The first-order chi connectivity index (χ1) is 8.90. The van der Waals surface area contributed by atoms with E-state index in [0.717, 1.165) is 43.9 Å². The number of hydrogen-bond donors (Lipinski definition) is 1. The van der Waals surface area contributed by atoms with E-state index in [1.54, 1.807) is 0 Å². The Hall–Kier alpha value is -1.18. The number of nitro benzene ring substituents is 1. The lowest BCUT2D eigenvalue weighted by Crippen LogP contribution is -2.32. The molecule has 0 saturated heterocycles. The first kappa shape index (κ1) is 14.2. The van der Waals surface area contributed by atoms with Crippen LogP contribution in [-0.4, -0.2) is 19.4 Å². The van der Waals surface area contributed by atoms with Gasteiger partial charge < -0.3 is 0 Å². The smallest absolute Gasteiger partial charge is 0.258 e. The third-order valence-electron chi connectivity index (χ3n) is 3.09. The molecule has 0 aromatic heterocycles. The Kier molecular flexibility index (Phi) is 4.07. The summed E-state index contributed by atoms with van der Waals surface area (Å²) < 4.78 is 26.8. The molecule has 19 heavy (non-hydrogen) atoms. The third-order valence-corrected chi connectivity index (χ3v) is 5.10. The third kappa shape index (κ3) is 3.23. The van der Waals surface area contributed by atoms with Gasteiger partial charge in [-0.3, -0.25) is 10.1 Å². The number of sulfonamides is 1. The highest BCUT2D eigenvalue weighted by Gasteiger charge is 2.25. The summed E-state index contributed by atoms with van der Waals surface area (Å²) in [5.74, 6) is 0. The standard InChI is InChI=1S/C11H13ClN2O4S/c12-10-7-9(14(15)16)5-6-11(10)19(17,18)13-8-3-1-2-4-8/h5-8,13H,1-4H2. The van der Waals surface area contributed by atoms with E-state index in [2.05, 4.69) is 4.72 Å². The highest BCUT2D eigenvalue weighted by Crippen LogP contribution is 2.27. The van der Waals surface area contributed by atoms with Crippen LogP contribution in [0.5, 0.6) is 0 Å². The van der Waals surface area contributed by atoms with Crippen molar-refractivity contribution in [3.63, 3.8) is 0 Å². The predicted octanol–water partition coefficient (Wildman–Crippen LogP) is 2.47. The highest BCUT2D eigenvalue weighted by atomic mass is 35.5. The monoisotopic (exact) mass is 304 g/mol. The van der Waals surface area contributed by atoms with Gasteiger partial charge in [-0.2, -0.15) is 0 Å². The summed E-state index contributed by atoms with van der Waals surface area (Å²) in [6.45, 7) is 0. The van der Waals surface area contributed by atoms with Crippen LogP contribution in [0.3, 0.4) is 0 Å². The van der Waals surface area contributed by atoms with Gasteiger partial charge in [0.05, 0.1) is 9.95 Å². The molecular weight excluding hydrogens is 292 g/mol. The van der Waals surface area contributed by atoms with Gasteiger partial charge in [-0.1, -0.05) is 24.4 Å². The molecule has 0 spiro atoms. The lowest BCUT2D eigenvalue weighted by atomic mass is 10.3. The molecule has 1 fully saturated rings. The first-order valence-corrected chi connectivity index (χ1v) is 7.72. The largest absolute Gasteiger partial charge is 0.271 e. The number of nitrogens with one attached hydrogen (secondary N) is 1. The Morgan fingerprint density at radius 2 is 1.95 bits per heavy atom. The van der Waals surface area contributed by atoms with E-state index < -0.39 is 14.9 Å². The maximum Gasteiger partial charge on any atom is 0.271 e. The van der Waals surface area contributed by atoms with E-state index in [0.29, 0.717) is 0 Å². The van der Waals surface area contributed by atoms with Crippen LogP contribution in [0.15, 0.2) is 23.1 Å². The molecule has 1 saturated carbocycles. The maximum absolute atomic E-state index is 12.1. The molecule has 0 radical (unpaired) electrons. The summed E-state index contributed by atoms with van der Waals surface area (Å²) >= 11 is 5.82. The molecule has 1 aromatic rings. The van der Waals surface area contributed by atoms with Crippen LogP contribution in [0.1, 0.15) is 25.7 Å². The van der Waals surface area contributed by atoms with Crippen LogP contribution in [0.2, 0.25) is 5.02 Å². The maximum atomic E-state index is 12.1. The predicted molar refractivity (Wildman–Crippen MR) is 70.7 cm³/mol. The highest BCUT2D eigenvalue weighted by molar-refractivity contribution is 7.89. The zero-order chi connectivity index (χ0) is 14.0. The molecule has 1 aliphatic rings. The molecule has 0 heterocycles. The van der Waals surface area contributed by atoms with Gasteiger partial charge >= 0.3 is 0 Å². The number of rotatable bonds is 4. The van der Waals surface area contributed by atoms with Crippen molar-refractivity contribution < 1.29 is 13.3 Å². The fraction of sp³-hybridized carbons (Fsp3) is 0.455. The Labute approximate surface area is 116 Å². The molecule has 1 aromatic carbocycles. The second kappa shape index (κ2) is 5.44. The van der Waals surface area contributed by atoms with Crippen LogP contribution in [0.4, 0.5) is 5.69 Å². The van der Waals surface area contributed by atoms with Gasteiger partial charge in [0.15, 0.2) is 0 Å². The van der Waals surface area contributed by atoms with Crippen molar-refractivity contribution >= 4 is 27.3 Å². The van der Waals surface area contributed by atoms with E-state index in [9.17, 15) is 18.5 Å². The topological polar surface area (TPSA) is 89.3 Å². The van der Waals surface area contributed by atoms with Crippen LogP contribution in [-0.2, 0) is 10.0 Å². The van der Waals surface area contributed by atoms with Gasteiger partial charge in [-0.25, -0.2) is 13.1 Å². The van der Waals surface area contributed by atoms with Gasteiger partial charge in [0, 0.05) is 18.2 Å². The van der Waals surface area contributed by atoms with Gasteiger partial charge in [-0.05, 0) is 18.9 Å². The average molecular weight is 305 g/mol. The van der Waals surface area contributed by atoms with Gasteiger partial charge in [0.1, 0.15) is 4.90 Å². The summed E-state index contributed by atoms with van der Waals surface area (Å²) in [4.78, 5) is 9.84. The van der Waals surface area contributed by atoms with Crippen LogP contribution < -0.4 is 4.72 Å². The number of halogens is 1. The van der Waals surface area contributed by atoms with Crippen LogP contribution >= 0.6 is 11.6 Å². The van der Waals surface area contributed by atoms with Crippen molar-refractivity contribution in [1.29, 1.82) is 0 Å². The minimum atomic E-state index is -3.72.